The minimum absolute atomic E-state index is 0.261. The maximum absolute atomic E-state index is 11.0. The van der Waals surface area contributed by atoms with E-state index in [1.54, 1.807) is 0 Å². The summed E-state index contributed by atoms with van der Waals surface area (Å²) in [5.74, 6) is 1.99. The fourth-order valence-corrected chi connectivity index (χ4v) is 6.23. The number of hydrogen-bond donors (Lipinski definition) is 2. The van der Waals surface area contributed by atoms with Crippen molar-refractivity contribution in [1.29, 1.82) is 0 Å². The van der Waals surface area contributed by atoms with Crippen LogP contribution in [0.2, 0.25) is 0 Å². The third-order valence-electron chi connectivity index (χ3n) is 8.28. The number of carboxylic acids is 1. The van der Waals surface area contributed by atoms with Crippen LogP contribution in [0.4, 0.5) is 5.82 Å². The van der Waals surface area contributed by atoms with Crippen molar-refractivity contribution >= 4 is 24.9 Å². The topological polar surface area (TPSA) is 111 Å². The Balaban J connectivity index is 1.39. The first-order valence-electron chi connectivity index (χ1n) is 14.4. The molecule has 4 rings (SSSR count). The molecule has 1 fully saturated rings. The number of carboxylic acid groups (broad SMARTS) is 1. The molecule has 3 aliphatic rings. The molecule has 0 radical (unpaired) electrons. The van der Waals surface area contributed by atoms with Gasteiger partial charge in [-0.05, 0) is 0 Å². The molecule has 9 heteroatoms. The number of ether oxygens (including phenoxy) is 2. The Bertz CT molecular complexity index is 1050. The summed E-state index contributed by atoms with van der Waals surface area (Å²) in [6.45, 7) is 6.06. The average Bonchev–Trinajstić information content (AvgIpc) is 3.06. The van der Waals surface area contributed by atoms with E-state index in [1.165, 1.54) is 0 Å². The van der Waals surface area contributed by atoms with Gasteiger partial charge in [0.25, 0.3) is 0 Å². The van der Waals surface area contributed by atoms with Gasteiger partial charge in [0.05, 0.1) is 0 Å². The summed E-state index contributed by atoms with van der Waals surface area (Å²) < 4.78 is 12.0. The molecule has 1 aliphatic heterocycles. The van der Waals surface area contributed by atoms with E-state index in [1.807, 2.05) is 0 Å². The van der Waals surface area contributed by atoms with Crippen LogP contribution >= 0.6 is 0 Å². The first-order valence-corrected chi connectivity index (χ1v) is 14.4. The van der Waals surface area contributed by atoms with Gasteiger partial charge in [-0.1, -0.05) is 0 Å². The number of aromatic nitrogens is 2. The molecule has 1 atom stereocenters. The Kier molecular flexibility index (Phi) is 9.86. The SMILES string of the molecule is B=C1c2c(N)nc(OCC(CCC)CCC)nc2OCCN1C1=CCC([C@H]2CC[C@H](CC(=O)O)CC2)C=C1. The van der Waals surface area contributed by atoms with Gasteiger partial charge < -0.3 is 5.11 Å². The van der Waals surface area contributed by atoms with Gasteiger partial charge in [0.1, 0.15) is 0 Å². The van der Waals surface area contributed by atoms with Crippen molar-refractivity contribution < 1.29 is 19.4 Å². The van der Waals surface area contributed by atoms with E-state index < -0.39 is 5.97 Å². The van der Waals surface area contributed by atoms with E-state index in [-0.39, 0.29) is 6.01 Å². The fourth-order valence-electron chi connectivity index (χ4n) is 6.23. The number of fused-ring (bicyclic) bond motifs is 1. The van der Waals surface area contributed by atoms with Gasteiger partial charge in [-0.25, -0.2) is 0 Å². The molecule has 0 bridgehead atoms. The fraction of sp³-hybridized carbons (Fsp3) is 0.655. The van der Waals surface area contributed by atoms with Crippen LogP contribution in [0.5, 0.6) is 11.9 Å². The number of hydrogen-bond acceptors (Lipinski definition) is 7. The van der Waals surface area contributed by atoms with E-state index in [9.17, 15) is 4.79 Å². The van der Waals surface area contributed by atoms with E-state index in [2.05, 4.69) is 54.4 Å². The van der Waals surface area contributed by atoms with E-state index in [0.29, 0.717) is 67.1 Å². The van der Waals surface area contributed by atoms with Crippen molar-refractivity contribution in [2.75, 3.05) is 25.5 Å². The Morgan fingerprint density at radius 2 is 1.97 bits per heavy atom. The van der Waals surface area contributed by atoms with Crippen LogP contribution in [0.15, 0.2) is 23.9 Å². The molecule has 0 saturated heterocycles. The molecular formula is C29H43BN4O4. The van der Waals surface area contributed by atoms with E-state index >= 15 is 0 Å². The third-order valence-corrected chi connectivity index (χ3v) is 8.28. The zero-order valence-electron chi connectivity index (χ0n) is 23.0. The Morgan fingerprint density at radius 1 is 1.24 bits per heavy atom. The van der Waals surface area contributed by atoms with Gasteiger partial charge in [-0.3, -0.25) is 4.79 Å². The van der Waals surface area contributed by atoms with Crippen LogP contribution < -0.4 is 15.2 Å². The summed E-state index contributed by atoms with van der Waals surface area (Å²) in [5.41, 5.74) is 8.86. The molecule has 0 spiro atoms. The molecule has 8 nitrogen and oxygen atoms in total. The number of nitrogen functional groups attached to an aromatic ring is 1. The zero-order valence-corrected chi connectivity index (χ0v) is 23.0. The molecule has 3 N–H and O–H groups in total. The summed E-state index contributed by atoms with van der Waals surface area (Å²) in [5, 5.41) is 9.09. The van der Waals surface area contributed by atoms with Gasteiger partial charge in [0.2, 0.25) is 0 Å². The standard InChI is InChI=1S/C29H43BN4O4/c1-3-5-20(6-4-2)18-38-29-32-27(31)25-26(30)34(15-16-37-28(25)33-29)23-13-11-22(12-14-23)21-9-7-19(8-10-21)17-24(35)36/h11,13-14,19-22,30H,3-10,12,15-18H2,1-2H3,(H,35,36)(H2,31,32,33)/t19-,21-,22?. The number of rotatable bonds is 11. The molecule has 2 aliphatic carbocycles. The molecule has 0 amide bonds. The van der Waals surface area contributed by atoms with Crippen LogP contribution in [-0.4, -0.2) is 58.8 Å². The van der Waals surface area contributed by atoms with Crippen LogP contribution in [0.25, 0.3) is 0 Å². The summed E-state index contributed by atoms with van der Waals surface area (Å²) in [6.07, 6.45) is 16.8. The molecule has 206 valence electrons. The van der Waals surface area contributed by atoms with Gasteiger partial charge in [-0.2, -0.15) is 0 Å². The molecule has 1 saturated carbocycles. The van der Waals surface area contributed by atoms with Crippen molar-refractivity contribution in [3.05, 3.63) is 29.5 Å². The molecule has 1 aromatic rings. The monoisotopic (exact) mass is 522 g/mol. The minimum atomic E-state index is -0.677. The van der Waals surface area contributed by atoms with Crippen molar-refractivity contribution in [3.8, 4) is 11.9 Å². The molecule has 38 heavy (non-hydrogen) atoms. The van der Waals surface area contributed by atoms with Gasteiger partial charge in [0.15, 0.2) is 0 Å². The Hall–Kier alpha value is -2.84. The number of allylic oxidation sites excluding steroid dienone is 3. The second-order valence-electron chi connectivity index (χ2n) is 11.0. The normalized spacial score (nSPS) is 23.4. The predicted molar refractivity (Wildman–Crippen MR) is 152 cm³/mol. The third kappa shape index (κ3) is 6.97. The maximum atomic E-state index is 11.0. The van der Waals surface area contributed by atoms with Crippen LogP contribution in [0, 0.1) is 23.7 Å². The van der Waals surface area contributed by atoms with Crippen LogP contribution in [0.1, 0.15) is 83.6 Å². The average molecular weight is 522 g/mol. The Labute approximate surface area is 227 Å². The molecular weight excluding hydrogens is 479 g/mol. The number of aliphatic carboxylic acids is 1. The quantitative estimate of drug-likeness (QED) is 0.410. The first-order chi connectivity index (χ1) is 18.4. The number of nitrogens with two attached hydrogens (primary N) is 1. The Morgan fingerprint density at radius 3 is 2.61 bits per heavy atom. The number of nitrogens with zero attached hydrogens (tertiary/aromatic N) is 3. The van der Waals surface area contributed by atoms with Gasteiger partial charge in [0, 0.05) is 0 Å². The van der Waals surface area contributed by atoms with Gasteiger partial charge >= 0.3 is 218 Å². The first kappa shape index (κ1) is 28.2. The second kappa shape index (κ2) is 13.3. The zero-order chi connectivity index (χ0) is 27.1. The van der Waals surface area contributed by atoms with Gasteiger partial charge in [-0.15, -0.1) is 0 Å². The van der Waals surface area contributed by atoms with Crippen molar-refractivity contribution in [2.45, 2.75) is 78.1 Å². The molecule has 0 aromatic carbocycles. The van der Waals surface area contributed by atoms with E-state index in [4.69, 9.17) is 20.3 Å². The van der Waals surface area contributed by atoms with Crippen molar-refractivity contribution in [3.63, 3.8) is 0 Å². The summed E-state index contributed by atoms with van der Waals surface area (Å²) >= 11 is 0. The predicted octanol–water partition coefficient (Wildman–Crippen LogP) is 4.47. The second-order valence-corrected chi connectivity index (χ2v) is 11.0. The molecule has 2 heterocycles. The van der Waals surface area contributed by atoms with Crippen molar-refractivity contribution in [2.24, 2.45) is 23.7 Å². The van der Waals surface area contributed by atoms with Crippen LogP contribution in [-0.2, 0) is 4.79 Å². The van der Waals surface area contributed by atoms with Crippen molar-refractivity contribution in [1.82, 2.24) is 14.9 Å². The molecule has 1 unspecified atom stereocenters. The summed E-state index contributed by atoms with van der Waals surface area (Å²) in [6, 6.07) is 0.261. The number of carbonyl (C=O) groups is 1. The van der Waals surface area contributed by atoms with Crippen LogP contribution in [0.3, 0.4) is 0 Å². The summed E-state index contributed by atoms with van der Waals surface area (Å²) in [7, 11) is 4.35. The summed E-state index contributed by atoms with van der Waals surface area (Å²) in [4.78, 5) is 22.2. The van der Waals surface area contributed by atoms with E-state index in [0.717, 1.165) is 69.1 Å². The number of anilines is 1. The molecule has 1 aromatic heterocycles.